The molecule has 2 heterocycles. The van der Waals surface area contributed by atoms with Gasteiger partial charge in [-0.3, -0.25) is 4.79 Å². The first-order chi connectivity index (χ1) is 11.1. The van der Waals surface area contributed by atoms with Crippen molar-refractivity contribution < 1.29 is 4.79 Å². The zero-order chi connectivity index (χ0) is 16.2. The molecule has 4 nitrogen and oxygen atoms in total. The van der Waals surface area contributed by atoms with Gasteiger partial charge in [-0.2, -0.15) is 0 Å². The number of amides is 1. The van der Waals surface area contributed by atoms with E-state index in [1.54, 1.807) is 11.3 Å². The first-order valence-electron chi connectivity index (χ1n) is 8.42. The lowest BCUT2D eigenvalue weighted by Gasteiger charge is -2.29. The van der Waals surface area contributed by atoms with Gasteiger partial charge in [-0.25, -0.2) is 4.98 Å². The summed E-state index contributed by atoms with van der Waals surface area (Å²) in [5, 5.41) is 4.40. The van der Waals surface area contributed by atoms with Crippen molar-refractivity contribution in [2.45, 2.75) is 32.7 Å². The van der Waals surface area contributed by atoms with Crippen molar-refractivity contribution in [1.82, 2.24) is 15.2 Å². The van der Waals surface area contributed by atoms with Gasteiger partial charge in [-0.05, 0) is 49.9 Å². The first kappa shape index (κ1) is 22.2. The molecule has 1 amide bonds. The van der Waals surface area contributed by atoms with E-state index in [2.05, 4.69) is 23.3 Å². The largest absolute Gasteiger partial charge is 0.339 e. The number of benzene rings is 1. The Labute approximate surface area is 166 Å². The Hall–Kier alpha value is -0.880. The highest BCUT2D eigenvalue weighted by molar-refractivity contribution is 7.18. The van der Waals surface area contributed by atoms with E-state index in [0.717, 1.165) is 23.6 Å². The van der Waals surface area contributed by atoms with Gasteiger partial charge in [0.2, 0.25) is 5.91 Å². The Balaban J connectivity index is 0.00000156. The summed E-state index contributed by atoms with van der Waals surface area (Å²) in [7, 11) is 1.89. The molecule has 0 bridgehead atoms. The highest BCUT2D eigenvalue weighted by Crippen LogP contribution is 2.26. The number of nitrogens with one attached hydrogen (secondary N) is 1. The number of hydrogen-bond donors (Lipinski definition) is 1. The van der Waals surface area contributed by atoms with Crippen molar-refractivity contribution in [3.63, 3.8) is 0 Å². The van der Waals surface area contributed by atoms with Crippen molar-refractivity contribution in [3.8, 4) is 0 Å². The Kier molecular flexibility index (Phi) is 9.14. The van der Waals surface area contributed by atoms with Crippen molar-refractivity contribution in [3.05, 3.63) is 29.3 Å². The Morgan fingerprint density at radius 1 is 1.32 bits per heavy atom. The number of rotatable bonds is 5. The molecule has 1 aromatic carbocycles. The molecule has 1 aliphatic heterocycles. The highest BCUT2D eigenvalue weighted by atomic mass is 35.5. The van der Waals surface area contributed by atoms with Crippen molar-refractivity contribution in [2.75, 3.05) is 20.1 Å². The van der Waals surface area contributed by atoms with E-state index in [1.165, 1.54) is 17.5 Å². The molecule has 140 valence electrons. The average molecular weight is 404 g/mol. The molecule has 1 N–H and O–H groups in total. The number of carbonyl (C=O) groups excluding carboxylic acids is 1. The molecule has 1 saturated heterocycles. The van der Waals surface area contributed by atoms with E-state index in [1.807, 2.05) is 30.1 Å². The Morgan fingerprint density at radius 3 is 2.68 bits per heavy atom. The van der Waals surface area contributed by atoms with E-state index in [-0.39, 0.29) is 30.7 Å². The number of nitrogens with zero attached hydrogens (tertiary/aromatic N) is 2. The zero-order valence-electron chi connectivity index (χ0n) is 14.7. The predicted octanol–water partition coefficient (Wildman–Crippen LogP) is 4.12. The summed E-state index contributed by atoms with van der Waals surface area (Å²) in [6.07, 6.45) is 3.03. The molecular formula is C18H27Cl2N3OS. The number of para-hydroxylation sites is 1. The topological polar surface area (TPSA) is 45.2 Å². The van der Waals surface area contributed by atoms with Crippen LogP contribution in [0.15, 0.2) is 24.3 Å². The molecule has 1 aromatic heterocycles. The molecule has 2 aromatic rings. The fourth-order valence-corrected chi connectivity index (χ4v) is 4.31. The standard InChI is InChI=1S/C18H25N3OS.2ClH/c1-13(14-7-9-19-10-8-14)11-18(22)21(2)12-17-20-15-5-3-4-6-16(15)23-17;;/h3-6,13-14,19H,7-12H2,1-2H3;2*1H. The van der Waals surface area contributed by atoms with Gasteiger partial charge in [0.05, 0.1) is 16.8 Å². The van der Waals surface area contributed by atoms with Crippen LogP contribution in [0.5, 0.6) is 0 Å². The summed E-state index contributed by atoms with van der Waals surface area (Å²) in [5.41, 5.74) is 1.02. The maximum atomic E-state index is 12.5. The Bertz CT molecular complexity index is 640. The zero-order valence-corrected chi connectivity index (χ0v) is 17.2. The quantitative estimate of drug-likeness (QED) is 0.815. The molecule has 1 fully saturated rings. The highest BCUT2D eigenvalue weighted by Gasteiger charge is 2.23. The third-order valence-corrected chi connectivity index (χ3v) is 5.84. The molecule has 0 spiro atoms. The van der Waals surface area contributed by atoms with Crippen LogP contribution in [0.2, 0.25) is 0 Å². The van der Waals surface area contributed by atoms with Crippen LogP contribution < -0.4 is 5.32 Å². The minimum atomic E-state index is 0. The molecule has 0 radical (unpaired) electrons. The Morgan fingerprint density at radius 2 is 2.00 bits per heavy atom. The summed E-state index contributed by atoms with van der Waals surface area (Å²) in [4.78, 5) is 19.0. The van der Waals surface area contributed by atoms with Crippen molar-refractivity contribution in [1.29, 1.82) is 0 Å². The number of piperidine rings is 1. The van der Waals surface area contributed by atoms with Crippen LogP contribution in [-0.4, -0.2) is 35.9 Å². The van der Waals surface area contributed by atoms with Crippen LogP contribution in [0, 0.1) is 11.8 Å². The predicted molar refractivity (Wildman–Crippen MR) is 110 cm³/mol. The first-order valence-corrected chi connectivity index (χ1v) is 9.24. The van der Waals surface area contributed by atoms with Gasteiger partial charge in [0.15, 0.2) is 0 Å². The third kappa shape index (κ3) is 5.81. The molecule has 7 heteroatoms. The minimum absolute atomic E-state index is 0. The van der Waals surface area contributed by atoms with E-state index < -0.39 is 0 Å². The van der Waals surface area contributed by atoms with Gasteiger partial charge in [0.1, 0.15) is 5.01 Å². The number of fused-ring (bicyclic) bond motifs is 1. The summed E-state index contributed by atoms with van der Waals surface area (Å²) < 4.78 is 1.19. The second-order valence-corrected chi connectivity index (χ2v) is 7.71. The minimum Gasteiger partial charge on any atom is -0.339 e. The van der Waals surface area contributed by atoms with Gasteiger partial charge in [0, 0.05) is 13.5 Å². The number of thiazole rings is 1. The van der Waals surface area contributed by atoms with E-state index in [0.29, 0.717) is 24.8 Å². The molecule has 1 unspecified atom stereocenters. The maximum Gasteiger partial charge on any atom is 0.222 e. The second kappa shape index (κ2) is 10.3. The van der Waals surface area contributed by atoms with E-state index >= 15 is 0 Å². The van der Waals surface area contributed by atoms with Crippen molar-refractivity contribution in [2.24, 2.45) is 11.8 Å². The van der Waals surface area contributed by atoms with Gasteiger partial charge < -0.3 is 10.2 Å². The fourth-order valence-electron chi connectivity index (χ4n) is 3.29. The number of hydrogen-bond acceptors (Lipinski definition) is 4. The summed E-state index contributed by atoms with van der Waals surface area (Å²) in [6.45, 7) is 5.01. The molecule has 0 aliphatic carbocycles. The average Bonchev–Trinajstić information content (AvgIpc) is 2.97. The summed E-state index contributed by atoms with van der Waals surface area (Å²) in [5.74, 6) is 1.37. The second-order valence-electron chi connectivity index (χ2n) is 6.59. The molecule has 1 aliphatic rings. The van der Waals surface area contributed by atoms with Gasteiger partial charge in [-0.15, -0.1) is 36.2 Å². The smallest absolute Gasteiger partial charge is 0.222 e. The molecule has 25 heavy (non-hydrogen) atoms. The number of aromatic nitrogens is 1. The lowest BCUT2D eigenvalue weighted by molar-refractivity contribution is -0.131. The van der Waals surface area contributed by atoms with E-state index in [4.69, 9.17) is 0 Å². The van der Waals surface area contributed by atoms with Gasteiger partial charge in [0.25, 0.3) is 0 Å². The van der Waals surface area contributed by atoms with Crippen LogP contribution in [0.25, 0.3) is 10.2 Å². The lowest BCUT2D eigenvalue weighted by Crippen LogP contribution is -2.34. The maximum absolute atomic E-state index is 12.5. The van der Waals surface area contributed by atoms with Crippen LogP contribution >= 0.6 is 36.2 Å². The molecule has 0 saturated carbocycles. The molecule has 3 rings (SSSR count). The third-order valence-electron chi connectivity index (χ3n) is 4.82. The fraction of sp³-hybridized carbons (Fsp3) is 0.556. The monoisotopic (exact) mass is 403 g/mol. The molecular weight excluding hydrogens is 377 g/mol. The van der Waals surface area contributed by atoms with Crippen LogP contribution in [0.4, 0.5) is 0 Å². The SMILES string of the molecule is CC(CC(=O)N(C)Cc1nc2ccccc2s1)C1CCNCC1.Cl.Cl. The van der Waals surface area contributed by atoms with Crippen LogP contribution in [0.1, 0.15) is 31.2 Å². The normalized spacial score (nSPS) is 15.9. The number of halogens is 2. The van der Waals surface area contributed by atoms with Crippen LogP contribution in [-0.2, 0) is 11.3 Å². The van der Waals surface area contributed by atoms with Gasteiger partial charge in [-0.1, -0.05) is 19.1 Å². The van der Waals surface area contributed by atoms with Gasteiger partial charge >= 0.3 is 0 Å². The number of carbonyl (C=O) groups is 1. The summed E-state index contributed by atoms with van der Waals surface area (Å²) in [6, 6.07) is 8.13. The van der Waals surface area contributed by atoms with E-state index in [9.17, 15) is 4.79 Å². The lowest BCUT2D eigenvalue weighted by atomic mass is 9.84. The molecule has 1 atom stereocenters. The van der Waals surface area contributed by atoms with Crippen molar-refractivity contribution >= 4 is 52.3 Å². The summed E-state index contributed by atoms with van der Waals surface area (Å²) >= 11 is 1.68. The van der Waals surface area contributed by atoms with Crippen LogP contribution in [0.3, 0.4) is 0 Å².